The molecule has 0 bridgehead atoms. The van der Waals surface area contributed by atoms with Gasteiger partial charge in [0, 0.05) is 19.1 Å². The molecule has 0 aliphatic carbocycles. The molecule has 2 aromatic carbocycles. The normalized spacial score (nSPS) is 22.4. The molecular formula is C25H23FO6S. The van der Waals surface area contributed by atoms with Gasteiger partial charge in [0.15, 0.2) is 17.7 Å². The van der Waals surface area contributed by atoms with Crippen LogP contribution in [0.2, 0.25) is 0 Å². The van der Waals surface area contributed by atoms with Gasteiger partial charge in [-0.2, -0.15) is 0 Å². The van der Waals surface area contributed by atoms with Gasteiger partial charge >= 0.3 is 17.9 Å². The second-order valence-corrected chi connectivity index (χ2v) is 8.46. The topological polar surface area (TPSA) is 78.9 Å². The number of alkyl halides is 1. The Labute approximate surface area is 195 Å². The highest BCUT2D eigenvalue weighted by Crippen LogP contribution is 2.39. The monoisotopic (exact) mass is 470 g/mol. The van der Waals surface area contributed by atoms with Gasteiger partial charge in [0.05, 0.1) is 5.25 Å². The van der Waals surface area contributed by atoms with Gasteiger partial charge in [-0.25, -0.2) is 14.0 Å². The molecule has 2 aromatic rings. The average Bonchev–Trinajstić information content (AvgIpc) is 3.10. The van der Waals surface area contributed by atoms with Crippen molar-refractivity contribution in [3.63, 3.8) is 0 Å². The fraction of sp³-hybridized carbons (Fsp3) is 0.240. The number of carbonyl (C=O) groups is 3. The summed E-state index contributed by atoms with van der Waals surface area (Å²) in [5.41, 5.74) is 0.433. The lowest BCUT2D eigenvalue weighted by Gasteiger charge is -2.19. The number of esters is 3. The van der Waals surface area contributed by atoms with Crippen molar-refractivity contribution < 1.29 is 33.0 Å². The summed E-state index contributed by atoms with van der Waals surface area (Å²) in [7, 11) is 0. The average molecular weight is 471 g/mol. The first kappa shape index (κ1) is 24.3. The zero-order valence-electron chi connectivity index (χ0n) is 17.8. The standard InChI is InChI=1S/C25H23FO6S/c1-17(27)31-25-23(26)24(32-22(29)15-13-19-10-6-3-7-11-19)20(33-25)16-30-21(28)14-12-18-8-4-2-5-9-18/h2-15,20,23-25H,16H2,1H3/b14-12+,15-13+/t20-,23+,24-,25?/m1/s1. The van der Waals surface area contributed by atoms with Crippen molar-refractivity contribution >= 4 is 41.8 Å². The van der Waals surface area contributed by atoms with Gasteiger partial charge < -0.3 is 14.2 Å². The Morgan fingerprint density at radius 1 is 0.879 bits per heavy atom. The molecule has 172 valence electrons. The third-order valence-electron chi connectivity index (χ3n) is 4.60. The van der Waals surface area contributed by atoms with Gasteiger partial charge in [-0.05, 0) is 23.3 Å². The van der Waals surface area contributed by atoms with Crippen molar-refractivity contribution in [2.75, 3.05) is 6.61 Å². The van der Waals surface area contributed by atoms with E-state index in [1.165, 1.54) is 19.1 Å². The van der Waals surface area contributed by atoms with Crippen molar-refractivity contribution in [2.45, 2.75) is 29.9 Å². The lowest BCUT2D eigenvalue weighted by Crippen LogP contribution is -2.37. The zero-order chi connectivity index (χ0) is 23.6. The van der Waals surface area contributed by atoms with Gasteiger partial charge in [-0.3, -0.25) is 4.79 Å². The Bertz CT molecular complexity index is 1010. The maximum Gasteiger partial charge on any atom is 0.331 e. The van der Waals surface area contributed by atoms with Crippen LogP contribution in [0.1, 0.15) is 18.1 Å². The number of thioether (sulfide) groups is 1. The Kier molecular flexibility index (Phi) is 8.83. The first-order chi connectivity index (χ1) is 15.9. The number of benzene rings is 2. The summed E-state index contributed by atoms with van der Waals surface area (Å²) < 4.78 is 30.5. The summed E-state index contributed by atoms with van der Waals surface area (Å²) in [6.45, 7) is 0.944. The van der Waals surface area contributed by atoms with E-state index >= 15 is 0 Å². The summed E-state index contributed by atoms with van der Waals surface area (Å²) in [5.74, 6) is -2.04. The molecule has 0 saturated carbocycles. The van der Waals surface area contributed by atoms with E-state index in [0.29, 0.717) is 0 Å². The van der Waals surface area contributed by atoms with Crippen molar-refractivity contribution in [3.05, 3.63) is 83.9 Å². The van der Waals surface area contributed by atoms with Crippen molar-refractivity contribution in [1.29, 1.82) is 0 Å². The second kappa shape index (κ2) is 12.0. The van der Waals surface area contributed by atoms with E-state index in [1.54, 1.807) is 24.3 Å². The van der Waals surface area contributed by atoms with Crippen LogP contribution in [0.4, 0.5) is 4.39 Å². The molecule has 1 unspecified atom stereocenters. The maximum atomic E-state index is 14.9. The van der Waals surface area contributed by atoms with E-state index in [-0.39, 0.29) is 6.61 Å². The zero-order valence-corrected chi connectivity index (χ0v) is 18.7. The van der Waals surface area contributed by atoms with Crippen molar-refractivity contribution in [1.82, 2.24) is 0 Å². The fourth-order valence-electron chi connectivity index (χ4n) is 3.06. The van der Waals surface area contributed by atoms with E-state index in [2.05, 4.69) is 0 Å². The Morgan fingerprint density at radius 3 is 1.97 bits per heavy atom. The van der Waals surface area contributed by atoms with E-state index in [0.717, 1.165) is 22.9 Å². The minimum absolute atomic E-state index is 0.221. The Morgan fingerprint density at radius 2 is 1.42 bits per heavy atom. The van der Waals surface area contributed by atoms with Crippen LogP contribution in [-0.4, -0.2) is 47.5 Å². The van der Waals surface area contributed by atoms with Crippen LogP contribution in [-0.2, 0) is 28.6 Å². The molecule has 1 aliphatic heterocycles. The number of hydrogen-bond acceptors (Lipinski definition) is 7. The van der Waals surface area contributed by atoms with E-state index in [9.17, 15) is 18.8 Å². The molecule has 0 N–H and O–H groups in total. The molecule has 0 radical (unpaired) electrons. The van der Waals surface area contributed by atoms with Crippen LogP contribution in [0.25, 0.3) is 12.2 Å². The quantitative estimate of drug-likeness (QED) is 0.325. The number of rotatable bonds is 8. The third kappa shape index (κ3) is 7.61. The predicted molar refractivity (Wildman–Crippen MR) is 124 cm³/mol. The van der Waals surface area contributed by atoms with Crippen LogP contribution < -0.4 is 0 Å². The van der Waals surface area contributed by atoms with Gasteiger partial charge in [0.2, 0.25) is 0 Å². The van der Waals surface area contributed by atoms with Crippen LogP contribution >= 0.6 is 11.8 Å². The minimum atomic E-state index is -1.77. The predicted octanol–water partition coefficient (Wildman–Crippen LogP) is 4.21. The summed E-state index contributed by atoms with van der Waals surface area (Å²) in [6.07, 6.45) is 2.57. The minimum Gasteiger partial charge on any atom is -0.461 e. The molecule has 0 amide bonds. The van der Waals surface area contributed by atoms with Crippen LogP contribution in [0, 0.1) is 0 Å². The van der Waals surface area contributed by atoms with Crippen LogP contribution in [0.5, 0.6) is 0 Å². The molecule has 8 heteroatoms. The van der Waals surface area contributed by atoms with E-state index < -0.39 is 40.9 Å². The number of hydrogen-bond donors (Lipinski definition) is 0. The number of carbonyl (C=O) groups excluding carboxylic acids is 3. The summed E-state index contributed by atoms with van der Waals surface area (Å²) in [4.78, 5) is 35.7. The lowest BCUT2D eigenvalue weighted by molar-refractivity contribution is -0.152. The molecule has 4 atom stereocenters. The lowest BCUT2D eigenvalue weighted by atomic mass is 10.1. The highest BCUT2D eigenvalue weighted by molar-refractivity contribution is 8.00. The van der Waals surface area contributed by atoms with Crippen molar-refractivity contribution in [3.8, 4) is 0 Å². The maximum absolute atomic E-state index is 14.9. The van der Waals surface area contributed by atoms with E-state index in [1.807, 2.05) is 48.5 Å². The first-order valence-electron chi connectivity index (χ1n) is 10.2. The second-order valence-electron chi connectivity index (χ2n) is 7.12. The molecular weight excluding hydrogens is 447 g/mol. The van der Waals surface area contributed by atoms with Gasteiger partial charge in [-0.1, -0.05) is 60.7 Å². The highest BCUT2D eigenvalue weighted by Gasteiger charge is 2.49. The number of ether oxygens (including phenoxy) is 3. The first-order valence-corrected chi connectivity index (χ1v) is 11.2. The summed E-state index contributed by atoms with van der Waals surface area (Å²) in [5, 5.41) is -0.743. The smallest absolute Gasteiger partial charge is 0.331 e. The molecule has 1 heterocycles. The molecule has 0 aromatic heterocycles. The Balaban J connectivity index is 1.62. The Hall–Kier alpha value is -3.39. The molecule has 1 fully saturated rings. The molecule has 33 heavy (non-hydrogen) atoms. The largest absolute Gasteiger partial charge is 0.461 e. The van der Waals surface area contributed by atoms with Gasteiger partial charge in [0.25, 0.3) is 0 Å². The summed E-state index contributed by atoms with van der Waals surface area (Å²) in [6, 6.07) is 18.3. The third-order valence-corrected chi connectivity index (χ3v) is 5.97. The SMILES string of the molecule is CC(=O)OC1S[C@H](COC(=O)/C=C/c2ccccc2)[C@@H](OC(=O)/C=C/c2ccccc2)[C@@H]1F. The highest BCUT2D eigenvalue weighted by atomic mass is 32.2. The molecule has 0 spiro atoms. The molecule has 1 saturated heterocycles. The molecule has 1 aliphatic rings. The van der Waals surface area contributed by atoms with Gasteiger partial charge in [-0.15, -0.1) is 11.8 Å². The van der Waals surface area contributed by atoms with E-state index in [4.69, 9.17) is 14.2 Å². The van der Waals surface area contributed by atoms with Crippen LogP contribution in [0.15, 0.2) is 72.8 Å². The summed E-state index contributed by atoms with van der Waals surface area (Å²) >= 11 is 0.947. The molecule has 3 rings (SSSR count). The number of halogens is 1. The van der Waals surface area contributed by atoms with Crippen molar-refractivity contribution in [2.24, 2.45) is 0 Å². The fourth-order valence-corrected chi connectivity index (χ4v) is 4.41. The van der Waals surface area contributed by atoms with Gasteiger partial charge in [0.1, 0.15) is 6.61 Å². The van der Waals surface area contributed by atoms with Crippen LogP contribution in [0.3, 0.4) is 0 Å². The molecule has 6 nitrogen and oxygen atoms in total.